The van der Waals surface area contributed by atoms with Crippen molar-refractivity contribution in [1.82, 2.24) is 10.3 Å². The van der Waals surface area contributed by atoms with Crippen LogP contribution in [0.2, 0.25) is 0 Å². The summed E-state index contributed by atoms with van der Waals surface area (Å²) < 4.78 is 0. The molecule has 0 bridgehead atoms. The summed E-state index contributed by atoms with van der Waals surface area (Å²) in [5.74, 6) is 0.713. The fourth-order valence-corrected chi connectivity index (χ4v) is 2.60. The summed E-state index contributed by atoms with van der Waals surface area (Å²) in [6.45, 7) is 7.85. The van der Waals surface area contributed by atoms with Gasteiger partial charge < -0.3 is 5.32 Å². The largest absolute Gasteiger partial charge is 0.309 e. The van der Waals surface area contributed by atoms with Crippen molar-refractivity contribution in [1.29, 1.82) is 0 Å². The molecule has 0 radical (unpaired) electrons. The lowest BCUT2D eigenvalue weighted by atomic mass is 9.94. The van der Waals surface area contributed by atoms with Crippen LogP contribution in [0.1, 0.15) is 51.8 Å². The first-order valence-corrected chi connectivity index (χ1v) is 7.83. The van der Waals surface area contributed by atoms with Crippen LogP contribution in [0.25, 0.3) is 10.8 Å². The van der Waals surface area contributed by atoms with Gasteiger partial charge in [0.1, 0.15) is 0 Å². The Hall–Kier alpha value is -1.41. The van der Waals surface area contributed by atoms with E-state index in [1.165, 1.54) is 22.9 Å². The zero-order valence-corrected chi connectivity index (χ0v) is 12.9. The highest BCUT2D eigenvalue weighted by atomic mass is 14.9. The van der Waals surface area contributed by atoms with Gasteiger partial charge in [-0.1, -0.05) is 51.5 Å². The van der Waals surface area contributed by atoms with Gasteiger partial charge in [0.2, 0.25) is 0 Å². The minimum atomic E-state index is 0.357. The molecule has 0 aliphatic rings. The molecule has 0 saturated heterocycles. The van der Waals surface area contributed by atoms with Gasteiger partial charge in [-0.25, -0.2) is 0 Å². The lowest BCUT2D eigenvalue weighted by Crippen LogP contribution is -2.25. The maximum absolute atomic E-state index is 4.68. The zero-order chi connectivity index (χ0) is 14.4. The molecular formula is C18H26N2. The van der Waals surface area contributed by atoms with E-state index in [4.69, 9.17) is 0 Å². The summed E-state index contributed by atoms with van der Waals surface area (Å²) in [6.07, 6.45) is 5.46. The van der Waals surface area contributed by atoms with Crippen LogP contribution in [-0.4, -0.2) is 11.5 Å². The lowest BCUT2D eigenvalue weighted by Gasteiger charge is -2.22. The number of pyridine rings is 1. The second kappa shape index (κ2) is 7.39. The molecule has 2 rings (SSSR count). The Morgan fingerprint density at radius 1 is 1.15 bits per heavy atom. The number of rotatable bonds is 7. The Morgan fingerprint density at radius 2 is 1.95 bits per heavy atom. The van der Waals surface area contributed by atoms with E-state index < -0.39 is 0 Å². The van der Waals surface area contributed by atoms with Crippen molar-refractivity contribution in [3.05, 3.63) is 42.2 Å². The lowest BCUT2D eigenvalue weighted by molar-refractivity contribution is 0.398. The van der Waals surface area contributed by atoms with Gasteiger partial charge in [0.15, 0.2) is 0 Å². The smallest absolute Gasteiger partial charge is 0.0651 e. The SMILES string of the molecule is CCCNC(CC(C)CC)c1nccc2ccccc12. The summed E-state index contributed by atoms with van der Waals surface area (Å²) in [6, 6.07) is 11.0. The molecule has 2 nitrogen and oxygen atoms in total. The molecule has 0 fully saturated rings. The van der Waals surface area contributed by atoms with Crippen LogP contribution >= 0.6 is 0 Å². The third kappa shape index (κ3) is 3.57. The fourth-order valence-electron chi connectivity index (χ4n) is 2.60. The number of fused-ring (bicyclic) bond motifs is 1. The third-order valence-electron chi connectivity index (χ3n) is 4.01. The number of nitrogens with zero attached hydrogens (tertiary/aromatic N) is 1. The van der Waals surface area contributed by atoms with Crippen LogP contribution < -0.4 is 5.32 Å². The molecule has 0 spiro atoms. The summed E-state index contributed by atoms with van der Waals surface area (Å²) in [5.41, 5.74) is 1.21. The van der Waals surface area contributed by atoms with E-state index in [0.717, 1.165) is 19.4 Å². The third-order valence-corrected chi connectivity index (χ3v) is 4.01. The van der Waals surface area contributed by atoms with E-state index in [0.29, 0.717) is 12.0 Å². The number of benzene rings is 1. The molecule has 108 valence electrons. The molecule has 1 heterocycles. The summed E-state index contributed by atoms with van der Waals surface area (Å²) in [5, 5.41) is 6.25. The molecule has 2 aromatic rings. The minimum Gasteiger partial charge on any atom is -0.309 e. The predicted octanol–water partition coefficient (Wildman–Crippen LogP) is 4.71. The van der Waals surface area contributed by atoms with Crippen molar-refractivity contribution in [2.45, 2.75) is 46.1 Å². The predicted molar refractivity (Wildman–Crippen MR) is 86.8 cm³/mol. The summed E-state index contributed by atoms with van der Waals surface area (Å²) in [7, 11) is 0. The highest BCUT2D eigenvalue weighted by molar-refractivity contribution is 5.84. The van der Waals surface area contributed by atoms with Gasteiger partial charge in [-0.15, -0.1) is 0 Å². The van der Waals surface area contributed by atoms with Gasteiger partial charge in [0, 0.05) is 11.6 Å². The molecular weight excluding hydrogens is 244 g/mol. The van der Waals surface area contributed by atoms with Crippen molar-refractivity contribution in [2.24, 2.45) is 5.92 Å². The van der Waals surface area contributed by atoms with E-state index in [2.05, 4.69) is 61.4 Å². The van der Waals surface area contributed by atoms with E-state index in [1.54, 1.807) is 0 Å². The average molecular weight is 270 g/mol. The second-order valence-corrected chi connectivity index (χ2v) is 5.67. The number of hydrogen-bond donors (Lipinski definition) is 1. The molecule has 2 heteroatoms. The monoisotopic (exact) mass is 270 g/mol. The first kappa shape index (κ1) is 15.0. The number of nitrogens with one attached hydrogen (secondary N) is 1. The van der Waals surface area contributed by atoms with Gasteiger partial charge in [0.05, 0.1) is 11.7 Å². The molecule has 2 atom stereocenters. The van der Waals surface area contributed by atoms with Gasteiger partial charge in [-0.2, -0.15) is 0 Å². The topological polar surface area (TPSA) is 24.9 Å². The molecule has 1 N–H and O–H groups in total. The van der Waals surface area contributed by atoms with Gasteiger partial charge in [0.25, 0.3) is 0 Å². The van der Waals surface area contributed by atoms with Crippen LogP contribution in [0.3, 0.4) is 0 Å². The van der Waals surface area contributed by atoms with Crippen molar-refractivity contribution in [3.8, 4) is 0 Å². The minimum absolute atomic E-state index is 0.357. The molecule has 0 aliphatic heterocycles. The average Bonchev–Trinajstić information content (AvgIpc) is 2.50. The highest BCUT2D eigenvalue weighted by Gasteiger charge is 2.17. The van der Waals surface area contributed by atoms with Crippen LogP contribution in [-0.2, 0) is 0 Å². The quantitative estimate of drug-likeness (QED) is 0.788. The molecule has 20 heavy (non-hydrogen) atoms. The molecule has 1 aromatic heterocycles. The summed E-state index contributed by atoms with van der Waals surface area (Å²) in [4.78, 5) is 4.68. The molecule has 0 aliphatic carbocycles. The number of hydrogen-bond acceptors (Lipinski definition) is 2. The molecule has 1 aromatic carbocycles. The van der Waals surface area contributed by atoms with Crippen LogP contribution in [0.4, 0.5) is 0 Å². The van der Waals surface area contributed by atoms with Crippen molar-refractivity contribution in [3.63, 3.8) is 0 Å². The van der Waals surface area contributed by atoms with Crippen LogP contribution in [0.15, 0.2) is 36.5 Å². The molecule has 0 amide bonds. The van der Waals surface area contributed by atoms with E-state index in [-0.39, 0.29) is 0 Å². The molecule has 2 unspecified atom stereocenters. The highest BCUT2D eigenvalue weighted by Crippen LogP contribution is 2.27. The Balaban J connectivity index is 2.34. The standard InChI is InChI=1S/C18H26N2/c1-4-11-19-17(13-14(3)5-2)18-16-9-7-6-8-15(16)10-12-20-18/h6-10,12,14,17,19H,4-5,11,13H2,1-3H3. The fraction of sp³-hybridized carbons (Fsp3) is 0.500. The van der Waals surface area contributed by atoms with Crippen LogP contribution in [0, 0.1) is 5.92 Å². The van der Waals surface area contributed by atoms with Gasteiger partial charge >= 0.3 is 0 Å². The second-order valence-electron chi connectivity index (χ2n) is 5.67. The van der Waals surface area contributed by atoms with Crippen LogP contribution in [0.5, 0.6) is 0 Å². The normalized spacial score (nSPS) is 14.3. The Morgan fingerprint density at radius 3 is 2.70 bits per heavy atom. The van der Waals surface area contributed by atoms with E-state index in [9.17, 15) is 0 Å². The zero-order valence-electron chi connectivity index (χ0n) is 12.9. The van der Waals surface area contributed by atoms with Crippen molar-refractivity contribution < 1.29 is 0 Å². The van der Waals surface area contributed by atoms with Gasteiger partial charge in [-0.3, -0.25) is 4.98 Å². The Labute approximate surface area is 122 Å². The van der Waals surface area contributed by atoms with E-state index >= 15 is 0 Å². The maximum Gasteiger partial charge on any atom is 0.0651 e. The van der Waals surface area contributed by atoms with E-state index in [1.807, 2.05) is 6.20 Å². The first-order chi connectivity index (χ1) is 9.76. The summed E-state index contributed by atoms with van der Waals surface area (Å²) >= 11 is 0. The van der Waals surface area contributed by atoms with Gasteiger partial charge in [-0.05, 0) is 36.8 Å². The maximum atomic E-state index is 4.68. The van der Waals surface area contributed by atoms with Crippen molar-refractivity contribution >= 4 is 10.8 Å². The van der Waals surface area contributed by atoms with Crippen molar-refractivity contribution in [2.75, 3.05) is 6.54 Å². The molecule has 0 saturated carbocycles. The Bertz CT molecular complexity index is 530. The first-order valence-electron chi connectivity index (χ1n) is 7.83. The Kier molecular flexibility index (Phi) is 5.54. The number of aromatic nitrogens is 1.